The lowest BCUT2D eigenvalue weighted by Crippen LogP contribution is -2.52. The first kappa shape index (κ1) is 76.7. The van der Waals surface area contributed by atoms with Gasteiger partial charge in [0.25, 0.3) is 11.8 Å². The van der Waals surface area contributed by atoms with Crippen molar-refractivity contribution in [3.05, 3.63) is 115 Å². The molecule has 0 aromatic heterocycles. The van der Waals surface area contributed by atoms with Gasteiger partial charge in [0.15, 0.2) is 24.1 Å². The maximum atomic E-state index is 14.0. The van der Waals surface area contributed by atoms with Crippen LogP contribution in [0.4, 0.5) is 0 Å². The molecule has 3 saturated heterocycles. The number of hydrogen-bond acceptors (Lipinski definition) is 29. The zero-order chi connectivity index (χ0) is 76.2. The molecule has 13 atom stereocenters. The molecule has 4 aliphatic carbocycles. The number of nitrogens with two attached hydrogens (primary N) is 2. The zero-order valence-electron chi connectivity index (χ0n) is 58.3. The number of hydrogen-bond donors (Lipinski definition) is 12. The van der Waals surface area contributed by atoms with Crippen molar-refractivity contribution in [3.8, 4) is 34.5 Å². The van der Waals surface area contributed by atoms with E-state index in [1.54, 1.807) is 27.7 Å². The molecular weight excluding hydrogens is 1390 g/mol. The predicted octanol–water partition coefficient (Wildman–Crippen LogP) is 1.95. The van der Waals surface area contributed by atoms with Gasteiger partial charge in [-0.15, -0.1) is 11.8 Å². The fourth-order valence-corrected chi connectivity index (χ4v) is 15.9. The molecule has 8 aliphatic rings. The number of carbonyl (C=O) groups excluding carboxylic acids is 10. The van der Waals surface area contributed by atoms with Crippen LogP contribution in [0.25, 0.3) is 0 Å². The summed E-state index contributed by atoms with van der Waals surface area (Å²) in [7, 11) is 2.67. The van der Waals surface area contributed by atoms with Crippen LogP contribution in [0.2, 0.25) is 0 Å². The van der Waals surface area contributed by atoms with Crippen molar-refractivity contribution in [2.75, 3.05) is 46.3 Å². The van der Waals surface area contributed by atoms with Crippen LogP contribution < -0.4 is 31.8 Å². The lowest BCUT2D eigenvalue weighted by molar-refractivity contribution is -0.244. The highest BCUT2D eigenvalue weighted by molar-refractivity contribution is 8.00. The van der Waals surface area contributed by atoms with Gasteiger partial charge >= 0.3 is 0 Å². The maximum absolute atomic E-state index is 14.0. The third-order valence-electron chi connectivity index (χ3n) is 20.6. The molecule has 105 heavy (non-hydrogen) atoms. The van der Waals surface area contributed by atoms with Crippen LogP contribution in [0.5, 0.6) is 34.5 Å². The van der Waals surface area contributed by atoms with Crippen molar-refractivity contribution in [3.63, 3.8) is 0 Å². The Balaban J connectivity index is 0.000000210. The Kier molecular flexibility index (Phi) is 22.4. The number of amides is 6. The van der Waals surface area contributed by atoms with E-state index in [1.165, 1.54) is 62.4 Å². The van der Waals surface area contributed by atoms with Gasteiger partial charge in [0.05, 0.1) is 114 Å². The number of fused-ring (bicyclic) bond motifs is 6. The maximum Gasteiger partial charge on any atom is 0.253 e. The average Bonchev–Trinajstić information content (AvgIpc) is 0.949. The molecule has 32 nitrogen and oxygen atoms in total. The monoisotopic (exact) mass is 1470 g/mol. The number of benzene rings is 4. The Morgan fingerprint density at radius 2 is 1.01 bits per heavy atom. The van der Waals surface area contributed by atoms with Gasteiger partial charge in [-0.3, -0.25) is 57.7 Å². The van der Waals surface area contributed by atoms with Gasteiger partial charge in [-0.25, -0.2) is 10.9 Å². The van der Waals surface area contributed by atoms with E-state index in [4.69, 9.17) is 39.9 Å². The molecule has 11 unspecified atom stereocenters. The SMILES string of the molecule is CCSC1CC(=O)N(CCC(=O)N/N=C(\CO)[C@]2(C)Cc3c(O)c4c(c(O)c3C(OC3CC(N)C(O)C(C)O3)C2)C(=O)c2c(OC)cccc2C4=O)C1=O.COc1cccc2c1C(=O)c1c(O)c3c(c(O)c1C2=O)C[C@@](C)(/C(CO)=N/NC(=O)CCN1C(=O)C=CC1=O)CC3OC1CC(N)C(O)C(C)O1. The standard InChI is InChI=1S/C37H44N4O12S.C35H38N4O12/c1-5-54-22-12-25(44)41(36(22)50)10-9-24(43)40-39-23(15-42)37(3)13-18-28(21(14-37)53-26-11-19(38)31(45)16(2)52-26)35(49)30-29(33(18)47)32(46)17-7-6-8-20(51-4)27(17)34(30)48;1-15-30(44)18(36)11-25(50-15)51-20-13-35(2,21(14-40)37-38-22(41)9-10-39-23(42)7-8-24(39)43)12-17-27(20)34(48)29-28(32(17)46)31(45)16-5-4-6-19(49-3)26(16)33(29)47/h6-8,16,19,21-22,26,31,42,45,47,49H,5,9-15,38H2,1-4H3,(H,40,43);4-8,15,18,20,25,30,40,44,46,48H,9-14,36H2,1-3H3,(H,38,41)/b39-23+;37-21+/t16?,19?,21?,22?,26?,31?,37-;15?,18?,20?,25?,30?,35-/m11/s1. The highest BCUT2D eigenvalue weighted by Crippen LogP contribution is 2.57. The summed E-state index contributed by atoms with van der Waals surface area (Å²) in [5.74, 6) is -7.51. The number of hydrazone groups is 2. The Hall–Kier alpha value is -9.39. The number of nitrogens with zero attached hydrogens (tertiary/aromatic N) is 4. The zero-order valence-corrected chi connectivity index (χ0v) is 59.1. The molecule has 4 aromatic rings. The second-order valence-corrected chi connectivity index (χ2v) is 28.9. The minimum Gasteiger partial charge on any atom is -0.507 e. The molecule has 14 N–H and O–H groups in total. The number of aromatic hydroxyl groups is 4. The number of thioether (sulfide) groups is 1. The van der Waals surface area contributed by atoms with Gasteiger partial charge < -0.3 is 80.7 Å². The number of phenolic OH excluding ortho intramolecular Hbond substituents is 4. The first-order valence-electron chi connectivity index (χ1n) is 34.0. The number of ketones is 4. The van der Waals surface area contributed by atoms with Crippen molar-refractivity contribution >= 4 is 81.8 Å². The van der Waals surface area contributed by atoms with E-state index < -0.39 is 183 Å². The molecule has 6 amide bonds. The van der Waals surface area contributed by atoms with E-state index in [9.17, 15) is 88.8 Å². The number of carbonyl (C=O) groups is 10. The molecule has 33 heteroatoms. The van der Waals surface area contributed by atoms with Crippen molar-refractivity contribution in [2.45, 2.75) is 159 Å². The summed E-state index contributed by atoms with van der Waals surface area (Å²) >= 11 is 1.36. The smallest absolute Gasteiger partial charge is 0.253 e. The molecule has 4 aliphatic heterocycles. The van der Waals surface area contributed by atoms with E-state index in [0.29, 0.717) is 5.75 Å². The van der Waals surface area contributed by atoms with Crippen molar-refractivity contribution < 1.29 is 117 Å². The fourth-order valence-electron chi connectivity index (χ4n) is 15.0. The molecule has 4 heterocycles. The number of aliphatic hydroxyl groups excluding tert-OH is 4. The van der Waals surface area contributed by atoms with Crippen molar-refractivity contribution in [2.24, 2.45) is 32.5 Å². The first-order chi connectivity index (χ1) is 49.8. The van der Waals surface area contributed by atoms with Gasteiger partial charge in [-0.1, -0.05) is 45.0 Å². The average molecular weight is 1480 g/mol. The van der Waals surface area contributed by atoms with Crippen LogP contribution in [0.3, 0.4) is 0 Å². The summed E-state index contributed by atoms with van der Waals surface area (Å²) < 4.78 is 35.3. The lowest BCUT2D eigenvalue weighted by atomic mass is 9.66. The van der Waals surface area contributed by atoms with Gasteiger partial charge in [-0.05, 0) is 57.4 Å². The second kappa shape index (κ2) is 30.6. The number of ether oxygens (including phenoxy) is 6. The van der Waals surface area contributed by atoms with Gasteiger partial charge in [0, 0.05) is 114 Å². The van der Waals surface area contributed by atoms with Crippen LogP contribution >= 0.6 is 11.8 Å². The number of likely N-dealkylation sites (tertiary alicyclic amines) is 1. The molecule has 0 radical (unpaired) electrons. The third kappa shape index (κ3) is 14.3. The van der Waals surface area contributed by atoms with Gasteiger partial charge in [0.2, 0.25) is 35.2 Å². The fraction of sp³-hybridized carbons (Fsp3) is 0.472. The highest BCUT2D eigenvalue weighted by atomic mass is 32.2. The molecule has 0 spiro atoms. The summed E-state index contributed by atoms with van der Waals surface area (Å²) in [5.41, 5.74) is 12.9. The number of nitrogens with one attached hydrogen (secondary N) is 2. The van der Waals surface area contributed by atoms with Crippen molar-refractivity contribution in [1.82, 2.24) is 20.7 Å². The van der Waals surface area contributed by atoms with E-state index in [-0.39, 0.29) is 150 Å². The summed E-state index contributed by atoms with van der Waals surface area (Å²) in [5, 5.41) is 97.2. The van der Waals surface area contributed by atoms with Crippen LogP contribution in [0, 0.1) is 10.8 Å². The molecule has 560 valence electrons. The summed E-state index contributed by atoms with van der Waals surface area (Å²) in [4.78, 5) is 132. The third-order valence-corrected chi connectivity index (χ3v) is 21.7. The van der Waals surface area contributed by atoms with Gasteiger partial charge in [-0.2, -0.15) is 10.2 Å². The molecule has 0 saturated carbocycles. The number of rotatable bonds is 20. The Labute approximate surface area is 604 Å². The van der Waals surface area contributed by atoms with E-state index >= 15 is 0 Å². The largest absolute Gasteiger partial charge is 0.507 e. The van der Waals surface area contributed by atoms with Crippen LogP contribution in [0.15, 0.2) is 58.8 Å². The Bertz CT molecular complexity index is 4350. The minimum atomic E-state index is -1.21. The number of phenols is 4. The normalized spacial score (nSPS) is 27.7. The van der Waals surface area contributed by atoms with E-state index in [1.807, 2.05) is 6.92 Å². The summed E-state index contributed by atoms with van der Waals surface area (Å²) in [6, 6.07) is 7.43. The van der Waals surface area contributed by atoms with Crippen LogP contribution in [0.1, 0.15) is 178 Å². The number of imide groups is 2. The molecular formula is C72H82N8O24S. The number of aliphatic hydroxyl groups is 4. The Morgan fingerprint density at radius 1 is 0.610 bits per heavy atom. The number of methoxy groups -OCH3 is 2. The molecule has 12 rings (SSSR count). The van der Waals surface area contributed by atoms with E-state index in [2.05, 4.69) is 21.1 Å². The quantitative estimate of drug-likeness (QED) is 0.0225. The summed E-state index contributed by atoms with van der Waals surface area (Å²) in [6.07, 6.45) is -6.31. The lowest BCUT2D eigenvalue weighted by Gasteiger charge is -2.43. The van der Waals surface area contributed by atoms with Gasteiger partial charge in [0.1, 0.15) is 34.5 Å². The summed E-state index contributed by atoms with van der Waals surface area (Å²) in [6.45, 7) is 6.77. The molecule has 0 bridgehead atoms. The molecule has 4 aromatic carbocycles. The molecule has 3 fully saturated rings. The first-order valence-corrected chi connectivity index (χ1v) is 35.1. The Morgan fingerprint density at radius 3 is 1.39 bits per heavy atom. The minimum absolute atomic E-state index is 0.00838. The predicted molar refractivity (Wildman–Crippen MR) is 369 cm³/mol. The topological polar surface area (TPSA) is 495 Å². The van der Waals surface area contributed by atoms with E-state index in [0.717, 1.165) is 22.0 Å². The van der Waals surface area contributed by atoms with Crippen LogP contribution in [-0.2, 0) is 60.6 Å². The highest BCUT2D eigenvalue weighted by Gasteiger charge is 2.52. The second-order valence-electron chi connectivity index (χ2n) is 27.4. The van der Waals surface area contributed by atoms with Crippen LogP contribution in [-0.4, -0.2) is 221 Å². The van der Waals surface area contributed by atoms with Crippen molar-refractivity contribution in [1.29, 1.82) is 0 Å².